The summed E-state index contributed by atoms with van der Waals surface area (Å²) in [5.74, 6) is 0.729. The Morgan fingerprint density at radius 3 is 2.84 bits per heavy atom. The molecule has 6 heteroatoms. The Hall–Kier alpha value is -1.46. The molecule has 2 aromatic rings. The van der Waals surface area contributed by atoms with E-state index < -0.39 is 0 Å². The largest absolute Gasteiger partial charge is 0.310 e. The van der Waals surface area contributed by atoms with Gasteiger partial charge in [0.1, 0.15) is 0 Å². The van der Waals surface area contributed by atoms with Gasteiger partial charge in [0.05, 0.1) is 7.05 Å². The normalized spacial score (nSPS) is 12.6. The van der Waals surface area contributed by atoms with E-state index in [0.717, 1.165) is 17.4 Å². The van der Waals surface area contributed by atoms with Crippen LogP contribution in [0.1, 0.15) is 29.9 Å². The van der Waals surface area contributed by atoms with Crippen molar-refractivity contribution in [2.75, 3.05) is 6.54 Å². The molecule has 5 nitrogen and oxygen atoms in total. The topological polar surface area (TPSA) is 55.6 Å². The maximum Gasteiger partial charge on any atom is 0.176 e. The molecule has 0 fully saturated rings. The molecule has 1 heterocycles. The molecular formula is C13H18ClN5. The number of nitrogens with one attached hydrogen (secondary N) is 1. The molecule has 0 aliphatic rings. The minimum absolute atomic E-state index is 0.146. The SMILES string of the molecule is CCNC(Cc1nnn(C)n1)c1cc(Cl)ccc1C. The van der Waals surface area contributed by atoms with Crippen LogP contribution in [0.15, 0.2) is 18.2 Å². The Morgan fingerprint density at radius 1 is 1.42 bits per heavy atom. The van der Waals surface area contributed by atoms with Crippen LogP contribution in [0, 0.1) is 6.92 Å². The number of aryl methyl sites for hydroxylation is 2. The summed E-state index contributed by atoms with van der Waals surface area (Å²) in [6, 6.07) is 6.09. The Labute approximate surface area is 118 Å². The van der Waals surface area contributed by atoms with Gasteiger partial charge in [-0.25, -0.2) is 0 Å². The first-order valence-corrected chi connectivity index (χ1v) is 6.70. The van der Waals surface area contributed by atoms with Gasteiger partial charge in [-0.15, -0.1) is 10.2 Å². The van der Waals surface area contributed by atoms with E-state index in [2.05, 4.69) is 34.6 Å². The van der Waals surface area contributed by atoms with E-state index in [1.54, 1.807) is 7.05 Å². The Morgan fingerprint density at radius 2 is 2.21 bits per heavy atom. The first-order valence-electron chi connectivity index (χ1n) is 6.32. The van der Waals surface area contributed by atoms with Gasteiger partial charge in [-0.1, -0.05) is 24.6 Å². The van der Waals surface area contributed by atoms with Crippen LogP contribution in [0.25, 0.3) is 0 Å². The number of benzene rings is 1. The monoisotopic (exact) mass is 279 g/mol. The van der Waals surface area contributed by atoms with Crippen molar-refractivity contribution in [1.82, 2.24) is 25.5 Å². The van der Waals surface area contributed by atoms with Gasteiger partial charge in [0.25, 0.3) is 0 Å². The maximum atomic E-state index is 6.09. The standard InChI is InChI=1S/C13H18ClN5/c1-4-15-12(8-13-16-18-19(3)17-13)11-7-10(14)6-5-9(11)2/h5-7,12,15H,4,8H2,1-3H3. The average Bonchev–Trinajstić information content (AvgIpc) is 2.77. The first kappa shape index (κ1) is 14.0. The van der Waals surface area contributed by atoms with Crippen LogP contribution in [0.2, 0.25) is 5.02 Å². The Balaban J connectivity index is 2.26. The fraction of sp³-hybridized carbons (Fsp3) is 0.462. The number of aromatic nitrogens is 4. The zero-order valence-corrected chi connectivity index (χ0v) is 12.1. The summed E-state index contributed by atoms with van der Waals surface area (Å²) in [7, 11) is 1.77. The summed E-state index contributed by atoms with van der Waals surface area (Å²) in [6.07, 6.45) is 0.697. The molecule has 1 aromatic carbocycles. The van der Waals surface area contributed by atoms with E-state index in [1.807, 2.05) is 18.2 Å². The lowest BCUT2D eigenvalue weighted by Crippen LogP contribution is -2.24. The van der Waals surface area contributed by atoms with Gasteiger partial charge in [-0.3, -0.25) is 0 Å². The highest BCUT2D eigenvalue weighted by Gasteiger charge is 2.16. The number of halogens is 1. The average molecular weight is 280 g/mol. The minimum Gasteiger partial charge on any atom is -0.310 e. The highest BCUT2D eigenvalue weighted by atomic mass is 35.5. The van der Waals surface area contributed by atoms with Crippen LogP contribution in [0.5, 0.6) is 0 Å². The third-order valence-corrected chi connectivity index (χ3v) is 3.24. The van der Waals surface area contributed by atoms with E-state index >= 15 is 0 Å². The van der Waals surface area contributed by atoms with Crippen LogP contribution in [0.3, 0.4) is 0 Å². The van der Waals surface area contributed by atoms with Crippen molar-refractivity contribution >= 4 is 11.6 Å². The molecule has 2 rings (SSSR count). The zero-order valence-electron chi connectivity index (χ0n) is 11.4. The van der Waals surface area contributed by atoms with Gasteiger partial charge < -0.3 is 5.32 Å². The lowest BCUT2D eigenvalue weighted by molar-refractivity contribution is 0.532. The summed E-state index contributed by atoms with van der Waals surface area (Å²) in [6.45, 7) is 5.04. The van der Waals surface area contributed by atoms with Crippen molar-refractivity contribution in [1.29, 1.82) is 0 Å². The summed E-state index contributed by atoms with van der Waals surface area (Å²) < 4.78 is 0. The number of nitrogens with zero attached hydrogens (tertiary/aromatic N) is 4. The second-order valence-electron chi connectivity index (χ2n) is 4.51. The minimum atomic E-state index is 0.146. The highest BCUT2D eigenvalue weighted by Crippen LogP contribution is 2.24. The summed E-state index contributed by atoms with van der Waals surface area (Å²) >= 11 is 6.09. The van der Waals surface area contributed by atoms with Gasteiger partial charge in [0, 0.05) is 17.5 Å². The van der Waals surface area contributed by atoms with Crippen LogP contribution in [0.4, 0.5) is 0 Å². The molecular weight excluding hydrogens is 262 g/mol. The molecule has 0 aliphatic heterocycles. The number of rotatable bonds is 5. The first-order chi connectivity index (χ1) is 9.10. The van der Waals surface area contributed by atoms with Crippen molar-refractivity contribution in [3.8, 4) is 0 Å². The van der Waals surface area contributed by atoms with E-state index in [4.69, 9.17) is 11.6 Å². The van der Waals surface area contributed by atoms with Crippen LogP contribution >= 0.6 is 11.6 Å². The predicted molar refractivity (Wildman–Crippen MR) is 75.1 cm³/mol. The van der Waals surface area contributed by atoms with E-state index in [9.17, 15) is 0 Å². The summed E-state index contributed by atoms with van der Waals surface area (Å²) in [5.41, 5.74) is 2.39. The second kappa shape index (κ2) is 6.12. The van der Waals surface area contributed by atoms with Crippen LogP contribution in [-0.2, 0) is 13.5 Å². The summed E-state index contributed by atoms with van der Waals surface area (Å²) in [5, 5.41) is 16.3. The Kier molecular flexibility index (Phi) is 4.50. The highest BCUT2D eigenvalue weighted by molar-refractivity contribution is 6.30. The fourth-order valence-corrected chi connectivity index (χ4v) is 2.29. The molecule has 0 radical (unpaired) electrons. The molecule has 0 bridgehead atoms. The van der Waals surface area contributed by atoms with Gasteiger partial charge in [-0.2, -0.15) is 4.80 Å². The molecule has 19 heavy (non-hydrogen) atoms. The van der Waals surface area contributed by atoms with Crippen molar-refractivity contribution in [3.05, 3.63) is 40.2 Å². The van der Waals surface area contributed by atoms with Gasteiger partial charge >= 0.3 is 0 Å². The number of likely N-dealkylation sites (N-methyl/N-ethyl adjacent to an activating group) is 1. The Bertz CT molecular complexity index is 552. The zero-order chi connectivity index (χ0) is 13.8. The lowest BCUT2D eigenvalue weighted by atomic mass is 9.98. The van der Waals surface area contributed by atoms with Gasteiger partial charge in [-0.05, 0) is 41.9 Å². The summed E-state index contributed by atoms with van der Waals surface area (Å²) in [4.78, 5) is 1.48. The van der Waals surface area contributed by atoms with Crippen molar-refractivity contribution in [2.45, 2.75) is 26.3 Å². The third-order valence-electron chi connectivity index (χ3n) is 3.00. The molecule has 1 unspecified atom stereocenters. The van der Waals surface area contributed by atoms with Crippen molar-refractivity contribution in [3.63, 3.8) is 0 Å². The maximum absolute atomic E-state index is 6.09. The fourth-order valence-electron chi connectivity index (χ4n) is 2.11. The second-order valence-corrected chi connectivity index (χ2v) is 4.95. The van der Waals surface area contributed by atoms with Crippen LogP contribution in [-0.4, -0.2) is 26.8 Å². The number of hydrogen-bond acceptors (Lipinski definition) is 4. The molecule has 0 saturated carbocycles. The van der Waals surface area contributed by atoms with Gasteiger partial charge in [0.15, 0.2) is 5.82 Å². The van der Waals surface area contributed by atoms with Crippen molar-refractivity contribution in [2.24, 2.45) is 7.05 Å². The molecule has 1 atom stereocenters. The van der Waals surface area contributed by atoms with E-state index in [-0.39, 0.29) is 6.04 Å². The van der Waals surface area contributed by atoms with E-state index in [0.29, 0.717) is 6.42 Å². The van der Waals surface area contributed by atoms with E-state index in [1.165, 1.54) is 15.9 Å². The quantitative estimate of drug-likeness (QED) is 0.910. The smallest absolute Gasteiger partial charge is 0.176 e. The lowest BCUT2D eigenvalue weighted by Gasteiger charge is -2.19. The van der Waals surface area contributed by atoms with Gasteiger partial charge in [0.2, 0.25) is 0 Å². The molecule has 102 valence electrons. The van der Waals surface area contributed by atoms with Crippen LogP contribution < -0.4 is 5.32 Å². The molecule has 0 amide bonds. The van der Waals surface area contributed by atoms with Crippen molar-refractivity contribution < 1.29 is 0 Å². The third kappa shape index (κ3) is 3.52. The molecule has 0 spiro atoms. The molecule has 0 aliphatic carbocycles. The number of hydrogen-bond donors (Lipinski definition) is 1. The molecule has 0 saturated heterocycles. The molecule has 1 N–H and O–H groups in total. The number of tetrazole rings is 1. The molecule has 1 aromatic heterocycles. The predicted octanol–water partition coefficient (Wildman–Crippen LogP) is 2.07.